The van der Waals surface area contributed by atoms with Gasteiger partial charge in [-0.3, -0.25) is 32.3 Å². The third-order valence-corrected chi connectivity index (χ3v) is 12.5. The van der Waals surface area contributed by atoms with Crippen LogP contribution in [0.4, 0.5) is 16.0 Å². The SMILES string of the molecule is CC(C)(C)C(=O)OCOP1(=O)OC[C@H]2C[C@@H](n3cnc4c(N)ncnc43)C[C@H]2OP(=O)(OCOC(=O)C(C)(C)C)OC[C@H]2O[C@@H](n3cnc4c(N)ncnc43)[C@@H](F)[C@H]2O1. The summed E-state index contributed by atoms with van der Waals surface area (Å²) in [7, 11) is -9.63. The number of carbonyl (C=O) groups is 2. The zero-order valence-electron chi connectivity index (χ0n) is 32.9. The zero-order chi connectivity index (χ0) is 42.5. The Kier molecular flexibility index (Phi) is 11.9. The van der Waals surface area contributed by atoms with Crippen molar-refractivity contribution in [1.29, 1.82) is 0 Å². The van der Waals surface area contributed by atoms with Crippen molar-refractivity contribution in [3.05, 3.63) is 25.3 Å². The van der Waals surface area contributed by atoms with Gasteiger partial charge in [-0.2, -0.15) is 0 Å². The largest absolute Gasteiger partial charge is 0.478 e. The van der Waals surface area contributed by atoms with Crippen molar-refractivity contribution in [3.63, 3.8) is 0 Å². The number of rotatable bonds is 8. The summed E-state index contributed by atoms with van der Waals surface area (Å²) in [5.41, 5.74) is 11.1. The molecule has 3 aliphatic rings. The van der Waals surface area contributed by atoms with Gasteiger partial charge in [-0.1, -0.05) is 0 Å². The summed E-state index contributed by atoms with van der Waals surface area (Å²) < 4.78 is 100. The van der Waals surface area contributed by atoms with Gasteiger partial charge < -0.3 is 30.2 Å². The van der Waals surface area contributed by atoms with Gasteiger partial charge in [0.15, 0.2) is 35.3 Å². The molecule has 2 saturated heterocycles. The maximum Gasteiger partial charge on any atom is 0.478 e. The molecule has 4 N–H and O–H groups in total. The van der Waals surface area contributed by atoms with E-state index in [0.29, 0.717) is 11.2 Å². The first-order chi connectivity index (χ1) is 27.8. The number of ether oxygens (including phenoxy) is 3. The van der Waals surface area contributed by atoms with Crippen molar-refractivity contribution in [3.8, 4) is 0 Å². The predicted molar refractivity (Wildman–Crippen MR) is 200 cm³/mol. The summed E-state index contributed by atoms with van der Waals surface area (Å²) >= 11 is 0. The first kappa shape index (κ1) is 42.9. The molecule has 2 aliphatic heterocycles. The van der Waals surface area contributed by atoms with Crippen LogP contribution in [-0.2, 0) is 60.1 Å². The van der Waals surface area contributed by atoms with E-state index in [1.54, 1.807) is 46.1 Å². The van der Waals surface area contributed by atoms with Gasteiger partial charge in [0, 0.05) is 12.0 Å². The molecule has 26 heteroatoms. The highest BCUT2D eigenvalue weighted by molar-refractivity contribution is 7.48. The first-order valence-electron chi connectivity index (χ1n) is 18.4. The number of nitrogens with zero attached hydrogens (tertiary/aromatic N) is 8. The number of alkyl halides is 1. The highest BCUT2D eigenvalue weighted by Gasteiger charge is 2.54. The Hall–Kier alpha value is -4.25. The number of aromatic nitrogens is 8. The van der Waals surface area contributed by atoms with Gasteiger partial charge in [-0.25, -0.2) is 52.5 Å². The topological polar surface area (TPSA) is 291 Å². The average Bonchev–Trinajstić information content (AvgIpc) is 3.95. The molecular weight excluding hydrogens is 825 g/mol. The fraction of sp³-hybridized carbons (Fsp3) is 0.636. The maximum absolute atomic E-state index is 16.8. The molecule has 0 bridgehead atoms. The third-order valence-electron chi connectivity index (χ3n) is 9.70. The Balaban J connectivity index is 1.22. The van der Waals surface area contributed by atoms with E-state index in [9.17, 15) is 18.7 Å². The number of imidazole rings is 2. The molecule has 3 fully saturated rings. The second-order valence-electron chi connectivity index (χ2n) is 16.1. The van der Waals surface area contributed by atoms with E-state index in [2.05, 4.69) is 29.9 Å². The molecule has 0 spiro atoms. The molecule has 7 rings (SSSR count). The van der Waals surface area contributed by atoms with Gasteiger partial charge >= 0.3 is 27.6 Å². The number of hydrogen-bond acceptors (Lipinski definition) is 21. The van der Waals surface area contributed by atoms with Crippen LogP contribution in [0.5, 0.6) is 0 Å². The molecule has 0 aromatic carbocycles. The second-order valence-corrected chi connectivity index (χ2v) is 19.4. The molecule has 1 aliphatic carbocycles. The standard InChI is InChI=1S/C33H45FN10O13P2/c1-32(2,3)30(45)49-15-53-58(47)52-10-20-24(21(34)29(55-20)44-14-42-23-26(36)38-12-40-28(23)44)57-59(48,54-16-50-31(46)33(4,5)6)51-9-17-7-18(8-19(17)56-58)43-13-41-22-25(35)37-11-39-27(22)43/h11-14,17-21,24,29H,7-10,15-16H2,1-6H3,(H2,35,37,39)(H2,36,38,40)/t17-,18-,19-,20-,21+,24+,29-,58?,59?/m1/s1. The van der Waals surface area contributed by atoms with Crippen LogP contribution in [0.15, 0.2) is 25.3 Å². The van der Waals surface area contributed by atoms with Gasteiger partial charge in [-0.05, 0) is 54.4 Å². The lowest BCUT2D eigenvalue weighted by molar-refractivity contribution is -0.161. The fourth-order valence-corrected chi connectivity index (χ4v) is 9.15. The van der Waals surface area contributed by atoms with Gasteiger partial charge in [0.25, 0.3) is 0 Å². The predicted octanol–water partition coefficient (Wildman–Crippen LogP) is 4.18. The van der Waals surface area contributed by atoms with Crippen LogP contribution >= 0.6 is 15.6 Å². The number of nitrogens with two attached hydrogens (primary N) is 2. The van der Waals surface area contributed by atoms with Crippen LogP contribution in [0.25, 0.3) is 22.3 Å². The number of fused-ring (bicyclic) bond motifs is 4. The Morgan fingerprint density at radius 1 is 0.763 bits per heavy atom. The van der Waals surface area contributed by atoms with E-state index >= 15 is 4.39 Å². The summed E-state index contributed by atoms with van der Waals surface area (Å²) in [6.45, 7) is 6.69. The average molecular weight is 871 g/mol. The number of phosphoric acid groups is 2. The van der Waals surface area contributed by atoms with Crippen LogP contribution in [0.2, 0.25) is 0 Å². The number of phosphoric ester groups is 2. The van der Waals surface area contributed by atoms with E-state index < -0.39 is 108 Å². The van der Waals surface area contributed by atoms with Crippen LogP contribution < -0.4 is 11.5 Å². The first-order valence-corrected chi connectivity index (χ1v) is 21.3. The van der Waals surface area contributed by atoms with Crippen LogP contribution in [0.1, 0.15) is 66.7 Å². The molecule has 6 heterocycles. The molecule has 4 aromatic heterocycles. The number of anilines is 2. The fourth-order valence-electron chi connectivity index (χ4n) is 6.55. The van der Waals surface area contributed by atoms with Crippen LogP contribution in [-0.4, -0.2) is 102 Å². The number of carbonyl (C=O) groups excluding carboxylic acids is 2. The molecule has 0 amide bonds. The lowest BCUT2D eigenvalue weighted by atomic mass is 9.98. The van der Waals surface area contributed by atoms with E-state index in [0.717, 1.165) is 6.33 Å². The lowest BCUT2D eigenvalue weighted by Crippen LogP contribution is -2.35. The van der Waals surface area contributed by atoms with Gasteiger partial charge in [0.2, 0.25) is 13.6 Å². The Bertz CT molecular complexity index is 2300. The van der Waals surface area contributed by atoms with Crippen molar-refractivity contribution >= 4 is 61.5 Å². The van der Waals surface area contributed by atoms with Gasteiger partial charge in [0.05, 0.1) is 42.8 Å². The molecule has 2 unspecified atom stereocenters. The molecule has 59 heavy (non-hydrogen) atoms. The lowest BCUT2D eigenvalue weighted by Gasteiger charge is -2.30. The zero-order valence-corrected chi connectivity index (χ0v) is 34.7. The molecule has 0 radical (unpaired) electrons. The Morgan fingerprint density at radius 2 is 1.29 bits per heavy atom. The summed E-state index contributed by atoms with van der Waals surface area (Å²) in [5, 5.41) is 0. The Labute approximate surface area is 336 Å². The minimum atomic E-state index is -4.88. The van der Waals surface area contributed by atoms with Crippen molar-refractivity contribution < 1.29 is 64.5 Å². The van der Waals surface area contributed by atoms with Gasteiger partial charge in [-0.15, -0.1) is 0 Å². The van der Waals surface area contributed by atoms with Crippen LogP contribution in [0.3, 0.4) is 0 Å². The molecule has 9 atom stereocenters. The van der Waals surface area contributed by atoms with E-state index in [1.165, 1.54) is 23.5 Å². The second kappa shape index (κ2) is 16.3. The van der Waals surface area contributed by atoms with Crippen molar-refractivity contribution in [2.45, 2.75) is 91.1 Å². The third kappa shape index (κ3) is 9.10. The molecule has 1 saturated carbocycles. The molecule has 322 valence electrons. The quantitative estimate of drug-likeness (QED) is 0.143. The van der Waals surface area contributed by atoms with Crippen LogP contribution in [0, 0.1) is 16.7 Å². The Morgan fingerprint density at radius 3 is 1.86 bits per heavy atom. The van der Waals surface area contributed by atoms with Gasteiger partial charge in [0.1, 0.15) is 35.9 Å². The normalized spacial score (nSPS) is 30.7. The van der Waals surface area contributed by atoms with Crippen molar-refractivity contribution in [2.24, 2.45) is 16.7 Å². The van der Waals surface area contributed by atoms with E-state index in [4.69, 9.17) is 52.8 Å². The number of hydrogen-bond donors (Lipinski definition) is 2. The summed E-state index contributed by atoms with van der Waals surface area (Å²) in [4.78, 5) is 50.1. The maximum atomic E-state index is 16.8. The summed E-state index contributed by atoms with van der Waals surface area (Å²) in [5.74, 6) is -1.97. The number of halogens is 1. The smallest absolute Gasteiger partial charge is 0.437 e. The van der Waals surface area contributed by atoms with Crippen molar-refractivity contribution in [2.75, 3.05) is 38.3 Å². The minimum absolute atomic E-state index is 0.0122. The molecular formula is C33H45FN10O13P2. The highest BCUT2D eigenvalue weighted by atomic mass is 31.2. The van der Waals surface area contributed by atoms with E-state index in [1.807, 2.05) is 0 Å². The molecule has 4 aromatic rings. The highest BCUT2D eigenvalue weighted by Crippen LogP contribution is 2.59. The van der Waals surface area contributed by atoms with Crippen molar-refractivity contribution in [1.82, 2.24) is 39.0 Å². The number of nitrogen functional groups attached to an aromatic ring is 2. The summed E-state index contributed by atoms with van der Waals surface area (Å²) in [6, 6.07) is -0.458. The van der Waals surface area contributed by atoms with E-state index in [-0.39, 0.29) is 35.6 Å². The molecule has 23 nitrogen and oxygen atoms in total. The monoisotopic (exact) mass is 870 g/mol. The minimum Gasteiger partial charge on any atom is -0.437 e. The summed E-state index contributed by atoms with van der Waals surface area (Å²) in [6.07, 6.45) is -2.67. The number of esters is 2.